The number of nitrogens with zero attached hydrogens (tertiary/aromatic N) is 4. The van der Waals surface area contributed by atoms with Crippen molar-refractivity contribution in [2.45, 2.75) is 37.9 Å². The van der Waals surface area contributed by atoms with Gasteiger partial charge in [-0.3, -0.25) is 4.79 Å². The zero-order chi connectivity index (χ0) is 25.5. The molecule has 1 amide bonds. The molecular formula is C26H28F3N5O2. The maximum absolute atomic E-state index is 13.7. The van der Waals surface area contributed by atoms with Gasteiger partial charge in [-0.2, -0.15) is 13.2 Å². The van der Waals surface area contributed by atoms with Crippen molar-refractivity contribution in [1.82, 2.24) is 20.1 Å². The molecule has 0 saturated carbocycles. The predicted octanol–water partition coefficient (Wildman–Crippen LogP) is 3.66. The van der Waals surface area contributed by atoms with Crippen LogP contribution in [-0.4, -0.2) is 47.0 Å². The summed E-state index contributed by atoms with van der Waals surface area (Å²) in [7, 11) is 1.88. The Labute approximate surface area is 207 Å². The van der Waals surface area contributed by atoms with E-state index in [1.807, 2.05) is 36.7 Å². The van der Waals surface area contributed by atoms with Crippen molar-refractivity contribution < 1.29 is 22.7 Å². The molecule has 1 N–H and O–H groups in total. The number of aromatic nitrogens is 3. The summed E-state index contributed by atoms with van der Waals surface area (Å²) in [5.74, 6) is 0.527. The monoisotopic (exact) mass is 499 g/mol. The van der Waals surface area contributed by atoms with Gasteiger partial charge in [-0.15, -0.1) is 10.2 Å². The van der Waals surface area contributed by atoms with Gasteiger partial charge in [0, 0.05) is 30.1 Å². The molecule has 0 radical (unpaired) electrons. The van der Waals surface area contributed by atoms with Gasteiger partial charge >= 0.3 is 6.18 Å². The Bertz CT molecular complexity index is 1280. The number of ether oxygens (including phenoxy) is 1. The first-order chi connectivity index (χ1) is 17.2. The molecule has 0 atom stereocenters. The zero-order valence-electron chi connectivity index (χ0n) is 20.2. The van der Waals surface area contributed by atoms with Crippen LogP contribution in [0.3, 0.4) is 0 Å². The van der Waals surface area contributed by atoms with Crippen molar-refractivity contribution in [3.8, 4) is 0 Å². The summed E-state index contributed by atoms with van der Waals surface area (Å²) < 4.78 is 48.4. The quantitative estimate of drug-likeness (QED) is 0.479. The van der Waals surface area contributed by atoms with Gasteiger partial charge in [0.2, 0.25) is 0 Å². The number of alkyl halides is 3. The van der Waals surface area contributed by atoms with Crippen molar-refractivity contribution >= 4 is 11.6 Å². The molecule has 2 aliphatic heterocycles. The Balaban J connectivity index is 1.44. The van der Waals surface area contributed by atoms with E-state index in [9.17, 15) is 18.0 Å². The van der Waals surface area contributed by atoms with Crippen LogP contribution in [-0.2, 0) is 42.8 Å². The van der Waals surface area contributed by atoms with Gasteiger partial charge in [0.05, 0.1) is 25.3 Å². The van der Waals surface area contributed by atoms with Crippen LogP contribution in [0.25, 0.3) is 0 Å². The van der Waals surface area contributed by atoms with E-state index in [-0.39, 0.29) is 23.6 Å². The molecule has 0 bridgehead atoms. The second kappa shape index (κ2) is 9.33. The van der Waals surface area contributed by atoms with Crippen LogP contribution in [0.2, 0.25) is 0 Å². The van der Waals surface area contributed by atoms with Crippen LogP contribution in [0.5, 0.6) is 0 Å². The summed E-state index contributed by atoms with van der Waals surface area (Å²) in [4.78, 5) is 14.9. The minimum absolute atomic E-state index is 0.231. The van der Waals surface area contributed by atoms with Gasteiger partial charge in [-0.1, -0.05) is 19.1 Å². The Hall–Kier alpha value is -3.24. The van der Waals surface area contributed by atoms with E-state index in [0.717, 1.165) is 29.6 Å². The number of hydrogen-bond acceptors (Lipinski definition) is 5. The predicted molar refractivity (Wildman–Crippen MR) is 128 cm³/mol. The fourth-order valence-corrected chi connectivity index (χ4v) is 4.88. The highest BCUT2D eigenvalue weighted by Gasteiger charge is 2.43. The molecule has 0 aliphatic carbocycles. The summed E-state index contributed by atoms with van der Waals surface area (Å²) in [6.07, 6.45) is -1.80. The van der Waals surface area contributed by atoms with E-state index in [1.165, 1.54) is 11.0 Å². The first kappa shape index (κ1) is 24.5. The fraction of sp³-hybridized carbons (Fsp3) is 0.423. The molecule has 190 valence electrons. The Morgan fingerprint density at radius 3 is 2.61 bits per heavy atom. The van der Waals surface area contributed by atoms with Gasteiger partial charge in [0.1, 0.15) is 12.2 Å². The number of benzene rings is 2. The second-order valence-electron chi connectivity index (χ2n) is 9.56. The van der Waals surface area contributed by atoms with Crippen LogP contribution < -0.4 is 10.2 Å². The molecule has 5 rings (SSSR count). The number of hydrogen-bond donors (Lipinski definition) is 1. The number of aryl methyl sites for hydroxylation is 1. The lowest BCUT2D eigenvalue weighted by atomic mass is 9.75. The summed E-state index contributed by atoms with van der Waals surface area (Å²) in [5.41, 5.74) is 2.01. The van der Waals surface area contributed by atoms with Gasteiger partial charge in [-0.05, 0) is 60.5 Å². The third-order valence-electron chi connectivity index (χ3n) is 7.04. The third-order valence-corrected chi connectivity index (χ3v) is 7.04. The summed E-state index contributed by atoms with van der Waals surface area (Å²) in [6.45, 7) is 4.47. The van der Waals surface area contributed by atoms with Crippen molar-refractivity contribution in [2.24, 2.45) is 7.05 Å². The van der Waals surface area contributed by atoms with Crippen molar-refractivity contribution in [2.75, 3.05) is 31.2 Å². The Morgan fingerprint density at radius 1 is 1.17 bits per heavy atom. The molecule has 7 nitrogen and oxygen atoms in total. The maximum atomic E-state index is 13.7. The van der Waals surface area contributed by atoms with Crippen molar-refractivity contribution in [1.29, 1.82) is 0 Å². The SMILES string of the molecule is CCNCCc1cc(N2Cc3ccc(C4(Cc5nncn5C)COC4)cc3C2=O)cc(C(F)(F)F)c1. The average molecular weight is 500 g/mol. The number of halogens is 3. The number of likely N-dealkylation sites (N-methyl/N-ethyl adjacent to an activating group) is 1. The van der Waals surface area contributed by atoms with Crippen LogP contribution in [0.1, 0.15) is 45.4 Å². The minimum Gasteiger partial charge on any atom is -0.379 e. The molecule has 10 heteroatoms. The fourth-order valence-electron chi connectivity index (χ4n) is 4.88. The van der Waals surface area contributed by atoms with Crippen LogP contribution in [0.15, 0.2) is 42.7 Å². The number of anilines is 1. The molecule has 3 heterocycles. The Morgan fingerprint density at radius 2 is 1.97 bits per heavy atom. The van der Waals surface area contributed by atoms with E-state index in [4.69, 9.17) is 4.74 Å². The molecule has 0 spiro atoms. The Kier molecular flexibility index (Phi) is 6.34. The second-order valence-corrected chi connectivity index (χ2v) is 9.56. The smallest absolute Gasteiger partial charge is 0.379 e. The van der Waals surface area contributed by atoms with Crippen LogP contribution >= 0.6 is 0 Å². The van der Waals surface area contributed by atoms with E-state index >= 15 is 0 Å². The molecule has 2 aromatic carbocycles. The number of carbonyl (C=O) groups excluding carboxylic acids is 1. The molecule has 36 heavy (non-hydrogen) atoms. The first-order valence-electron chi connectivity index (χ1n) is 12.0. The molecule has 0 unspecified atom stereocenters. The van der Waals surface area contributed by atoms with Crippen LogP contribution in [0.4, 0.5) is 18.9 Å². The van der Waals surface area contributed by atoms with Gasteiger partial charge < -0.3 is 19.5 Å². The van der Waals surface area contributed by atoms with Gasteiger partial charge in [0.15, 0.2) is 0 Å². The highest BCUT2D eigenvalue weighted by molar-refractivity contribution is 6.10. The largest absolute Gasteiger partial charge is 0.416 e. The molecule has 2 aliphatic rings. The highest BCUT2D eigenvalue weighted by Crippen LogP contribution is 2.39. The van der Waals surface area contributed by atoms with Crippen molar-refractivity contribution in [3.63, 3.8) is 0 Å². The van der Waals surface area contributed by atoms with E-state index in [2.05, 4.69) is 15.5 Å². The molecule has 1 aromatic heterocycles. The number of rotatable bonds is 8. The summed E-state index contributed by atoms with van der Waals surface area (Å²) in [5, 5.41) is 11.3. The lowest BCUT2D eigenvalue weighted by molar-refractivity contribution is -0.137. The molecule has 1 fully saturated rings. The van der Waals surface area contributed by atoms with Gasteiger partial charge in [0.25, 0.3) is 5.91 Å². The lowest BCUT2D eigenvalue weighted by Crippen LogP contribution is -2.49. The van der Waals surface area contributed by atoms with E-state index in [0.29, 0.717) is 43.7 Å². The lowest BCUT2D eigenvalue weighted by Gasteiger charge is -2.41. The molecular weight excluding hydrogens is 471 g/mol. The minimum atomic E-state index is -4.50. The first-order valence-corrected chi connectivity index (χ1v) is 12.0. The molecule has 1 saturated heterocycles. The van der Waals surface area contributed by atoms with Crippen LogP contribution in [0, 0.1) is 0 Å². The van der Waals surface area contributed by atoms with E-state index < -0.39 is 11.7 Å². The summed E-state index contributed by atoms with van der Waals surface area (Å²) >= 11 is 0. The number of nitrogens with one attached hydrogen (secondary N) is 1. The number of amides is 1. The standard InChI is InChI=1S/C26H28F3N5O2/c1-3-30-7-6-17-8-20(26(27,28)29)10-21(9-17)34-13-18-4-5-19(11-22(18)24(34)35)25(14-36-15-25)12-23-32-31-16-33(23)2/h4-5,8-11,16,30H,3,6-7,12-15H2,1-2H3. The zero-order valence-corrected chi connectivity index (χ0v) is 20.2. The third kappa shape index (κ3) is 4.51. The topological polar surface area (TPSA) is 72.3 Å². The van der Waals surface area contributed by atoms with Gasteiger partial charge in [-0.25, -0.2) is 0 Å². The number of carbonyl (C=O) groups is 1. The normalized spacial score (nSPS) is 16.8. The van der Waals surface area contributed by atoms with Crippen molar-refractivity contribution in [3.05, 3.63) is 76.4 Å². The van der Waals surface area contributed by atoms with E-state index in [1.54, 1.807) is 12.4 Å². The summed E-state index contributed by atoms with van der Waals surface area (Å²) in [6, 6.07) is 9.68. The average Bonchev–Trinajstić information content (AvgIpc) is 3.38. The highest BCUT2D eigenvalue weighted by atomic mass is 19.4. The number of fused-ring (bicyclic) bond motifs is 1. The molecule has 3 aromatic rings. The maximum Gasteiger partial charge on any atom is 0.416 e.